The second-order valence-corrected chi connectivity index (χ2v) is 8.92. The minimum atomic E-state index is -0.422. The molecule has 1 aliphatic heterocycles. The lowest BCUT2D eigenvalue weighted by atomic mass is 9.71. The minimum absolute atomic E-state index is 0.0382. The highest BCUT2D eigenvalue weighted by molar-refractivity contribution is 5.88. The van der Waals surface area contributed by atoms with Crippen molar-refractivity contribution in [2.45, 2.75) is 31.8 Å². The molecule has 1 amide bonds. The monoisotopic (exact) mass is 442 g/mol. The molecule has 1 saturated heterocycles. The summed E-state index contributed by atoms with van der Waals surface area (Å²) < 4.78 is 6.40. The van der Waals surface area contributed by atoms with Gasteiger partial charge in [0.1, 0.15) is 5.60 Å². The van der Waals surface area contributed by atoms with E-state index < -0.39 is 5.60 Å². The molecule has 0 aromatic heterocycles. The number of hydrogen-bond acceptors (Lipinski definition) is 3. The van der Waals surface area contributed by atoms with Crippen molar-refractivity contribution in [2.24, 2.45) is 5.92 Å². The van der Waals surface area contributed by atoms with Gasteiger partial charge in [-0.15, -0.1) is 0 Å². The molecule has 0 aliphatic carbocycles. The Hall–Kier alpha value is -2.95. The zero-order chi connectivity index (χ0) is 23.1. The van der Waals surface area contributed by atoms with Gasteiger partial charge < -0.3 is 15.0 Å². The first kappa shape index (κ1) is 23.2. The highest BCUT2D eigenvalue weighted by atomic mass is 16.5. The molecule has 1 aliphatic rings. The highest BCUT2D eigenvalue weighted by Crippen LogP contribution is 2.44. The fourth-order valence-corrected chi connectivity index (χ4v) is 5.22. The number of rotatable bonds is 8. The predicted molar refractivity (Wildman–Crippen MR) is 134 cm³/mol. The molecule has 0 saturated carbocycles. The molecular weight excluding hydrogens is 408 g/mol. The van der Waals surface area contributed by atoms with Gasteiger partial charge in [0.25, 0.3) is 0 Å². The first-order valence-corrected chi connectivity index (χ1v) is 11.9. The predicted octanol–water partition coefficient (Wildman–Crippen LogP) is 5.49. The molecule has 1 fully saturated rings. The fourth-order valence-electron chi connectivity index (χ4n) is 5.22. The van der Waals surface area contributed by atoms with Crippen molar-refractivity contribution in [2.75, 3.05) is 32.1 Å². The zero-order valence-corrected chi connectivity index (χ0v) is 19.7. The quantitative estimate of drug-likeness (QED) is 0.502. The molecular formula is C29H34N2O2. The summed E-state index contributed by atoms with van der Waals surface area (Å²) in [5, 5.41) is 2.83. The second-order valence-electron chi connectivity index (χ2n) is 8.92. The van der Waals surface area contributed by atoms with Crippen LogP contribution in [0.3, 0.4) is 0 Å². The molecule has 4 nitrogen and oxygen atoms in total. The third-order valence-corrected chi connectivity index (χ3v) is 6.88. The Kier molecular flexibility index (Phi) is 7.58. The molecule has 0 unspecified atom stereocenters. The van der Waals surface area contributed by atoms with Crippen LogP contribution in [0.1, 0.15) is 36.5 Å². The summed E-state index contributed by atoms with van der Waals surface area (Å²) in [6.45, 7) is 4.72. The molecule has 0 radical (unpaired) electrons. The number of piperidine rings is 1. The van der Waals surface area contributed by atoms with Crippen molar-refractivity contribution in [3.63, 3.8) is 0 Å². The van der Waals surface area contributed by atoms with E-state index in [4.69, 9.17) is 4.74 Å². The van der Waals surface area contributed by atoms with Crippen LogP contribution in [-0.4, -0.2) is 37.6 Å². The van der Waals surface area contributed by atoms with E-state index in [0.717, 1.165) is 44.6 Å². The van der Waals surface area contributed by atoms with Crippen LogP contribution in [0.4, 0.5) is 5.69 Å². The maximum Gasteiger partial charge on any atom is 0.221 e. The van der Waals surface area contributed by atoms with E-state index in [1.54, 1.807) is 0 Å². The molecule has 3 aromatic rings. The van der Waals surface area contributed by atoms with Crippen molar-refractivity contribution in [1.82, 2.24) is 4.90 Å². The summed E-state index contributed by atoms with van der Waals surface area (Å²) in [7, 11) is 1.86. The minimum Gasteiger partial charge on any atom is -0.368 e. The maximum atomic E-state index is 11.2. The first-order valence-electron chi connectivity index (χ1n) is 11.9. The average Bonchev–Trinajstić information content (AvgIpc) is 2.86. The van der Waals surface area contributed by atoms with Gasteiger partial charge in [0, 0.05) is 26.3 Å². The van der Waals surface area contributed by atoms with Crippen LogP contribution < -0.4 is 5.32 Å². The van der Waals surface area contributed by atoms with Crippen LogP contribution in [-0.2, 0) is 21.6 Å². The summed E-state index contributed by atoms with van der Waals surface area (Å²) in [6.07, 6.45) is 3.20. The van der Waals surface area contributed by atoms with Crippen LogP contribution in [0.15, 0.2) is 84.9 Å². The van der Waals surface area contributed by atoms with Gasteiger partial charge in [0.05, 0.1) is 0 Å². The van der Waals surface area contributed by atoms with Crippen LogP contribution >= 0.6 is 0 Å². The summed E-state index contributed by atoms with van der Waals surface area (Å²) in [6, 6.07) is 29.6. The molecule has 0 spiro atoms. The largest absolute Gasteiger partial charge is 0.368 e. The molecule has 4 rings (SSSR count). The Morgan fingerprint density at radius 3 is 1.94 bits per heavy atom. The summed E-state index contributed by atoms with van der Waals surface area (Å²) in [5.41, 5.74) is 4.19. The summed E-state index contributed by atoms with van der Waals surface area (Å²) >= 11 is 0. The van der Waals surface area contributed by atoms with E-state index in [9.17, 15) is 4.79 Å². The fraction of sp³-hybridized carbons (Fsp3) is 0.345. The van der Waals surface area contributed by atoms with Gasteiger partial charge in [0.2, 0.25) is 5.91 Å². The Morgan fingerprint density at radius 2 is 1.45 bits per heavy atom. The number of methoxy groups -OCH3 is 1. The number of nitrogens with zero attached hydrogens (tertiary/aromatic N) is 1. The standard InChI is InChI=1S/C29H34N2O2/c1-23(32)30-28-15-13-24(14-16-28)17-20-31-21-18-27(19-22-31)29(33-2,25-9-5-3-6-10-25)26-11-7-4-8-12-26/h3-16,27H,17-22H2,1-2H3,(H,30,32). The Labute approximate surface area is 197 Å². The van der Waals surface area contributed by atoms with Gasteiger partial charge in [-0.05, 0) is 67.1 Å². The van der Waals surface area contributed by atoms with Crippen molar-refractivity contribution in [3.05, 3.63) is 102 Å². The van der Waals surface area contributed by atoms with Crippen molar-refractivity contribution in [3.8, 4) is 0 Å². The lowest BCUT2D eigenvalue weighted by Gasteiger charge is -2.44. The van der Waals surface area contributed by atoms with E-state index in [-0.39, 0.29) is 5.91 Å². The van der Waals surface area contributed by atoms with Crippen LogP contribution in [0.2, 0.25) is 0 Å². The molecule has 1 N–H and O–H groups in total. The number of likely N-dealkylation sites (tertiary alicyclic amines) is 1. The highest BCUT2D eigenvalue weighted by Gasteiger charge is 2.43. The zero-order valence-electron chi connectivity index (χ0n) is 19.7. The number of amides is 1. The molecule has 1 heterocycles. The molecule has 33 heavy (non-hydrogen) atoms. The van der Waals surface area contributed by atoms with Gasteiger partial charge >= 0.3 is 0 Å². The van der Waals surface area contributed by atoms with Gasteiger partial charge in [0.15, 0.2) is 0 Å². The molecule has 172 valence electrons. The number of hydrogen-bond donors (Lipinski definition) is 1. The number of nitrogens with one attached hydrogen (secondary N) is 1. The second kappa shape index (κ2) is 10.8. The number of anilines is 1. The number of ether oxygens (including phenoxy) is 1. The topological polar surface area (TPSA) is 41.6 Å². The molecule has 3 aromatic carbocycles. The number of carbonyl (C=O) groups is 1. The summed E-state index contributed by atoms with van der Waals surface area (Å²) in [5.74, 6) is 0.379. The van der Waals surface area contributed by atoms with E-state index in [1.807, 2.05) is 19.2 Å². The van der Waals surface area contributed by atoms with Crippen molar-refractivity contribution in [1.29, 1.82) is 0 Å². The molecule has 0 bridgehead atoms. The van der Waals surface area contributed by atoms with Gasteiger partial charge in [-0.25, -0.2) is 0 Å². The third kappa shape index (κ3) is 5.35. The van der Waals surface area contributed by atoms with Gasteiger partial charge in [-0.3, -0.25) is 4.79 Å². The Bertz CT molecular complexity index is 971. The van der Waals surface area contributed by atoms with Gasteiger partial charge in [-0.2, -0.15) is 0 Å². The number of carbonyl (C=O) groups excluding carboxylic acids is 1. The Morgan fingerprint density at radius 1 is 0.909 bits per heavy atom. The SMILES string of the molecule is COC(c1ccccc1)(c1ccccc1)C1CCN(CCc2ccc(NC(C)=O)cc2)CC1. The lowest BCUT2D eigenvalue weighted by Crippen LogP contribution is -2.45. The van der Waals surface area contributed by atoms with Crippen LogP contribution in [0, 0.1) is 5.92 Å². The maximum absolute atomic E-state index is 11.2. The lowest BCUT2D eigenvalue weighted by molar-refractivity contribution is -0.114. The average molecular weight is 443 g/mol. The van der Waals surface area contributed by atoms with E-state index in [1.165, 1.54) is 23.6 Å². The molecule has 4 heteroatoms. The first-order chi connectivity index (χ1) is 16.1. The van der Waals surface area contributed by atoms with E-state index in [0.29, 0.717) is 5.92 Å². The van der Waals surface area contributed by atoms with Gasteiger partial charge in [-0.1, -0.05) is 72.8 Å². The number of benzene rings is 3. The third-order valence-electron chi connectivity index (χ3n) is 6.88. The van der Waals surface area contributed by atoms with E-state index >= 15 is 0 Å². The van der Waals surface area contributed by atoms with Crippen LogP contribution in [0.25, 0.3) is 0 Å². The van der Waals surface area contributed by atoms with Crippen molar-refractivity contribution < 1.29 is 9.53 Å². The smallest absolute Gasteiger partial charge is 0.221 e. The molecule has 0 atom stereocenters. The van der Waals surface area contributed by atoms with Crippen LogP contribution in [0.5, 0.6) is 0 Å². The van der Waals surface area contributed by atoms with Crippen molar-refractivity contribution >= 4 is 11.6 Å². The van der Waals surface area contributed by atoms with E-state index in [2.05, 4.69) is 83.0 Å². The summed E-state index contributed by atoms with van der Waals surface area (Å²) in [4.78, 5) is 13.8. The Balaban J connectivity index is 1.42. The normalized spacial score (nSPS) is 15.3.